The molecule has 0 bridgehead atoms. The van der Waals surface area contributed by atoms with Crippen molar-refractivity contribution in [1.82, 2.24) is 0 Å². The summed E-state index contributed by atoms with van der Waals surface area (Å²) in [6, 6.07) is 7.90. The monoisotopic (exact) mass is 336 g/mol. The Kier molecular flexibility index (Phi) is 7.75. The Bertz CT molecular complexity index is 666. The number of rotatable bonds is 8. The smallest absolute Gasteiger partial charge is 0.321 e. The summed E-state index contributed by atoms with van der Waals surface area (Å²) in [5.41, 5.74) is 2.39. The molecule has 0 unspecified atom stereocenters. The topological polar surface area (TPSA) is 60.4 Å². The summed E-state index contributed by atoms with van der Waals surface area (Å²) in [5.74, 6) is -1.37. The molecule has 0 aliphatic heterocycles. The molecule has 0 atom stereocenters. The van der Waals surface area contributed by atoms with Gasteiger partial charge >= 0.3 is 5.97 Å². The third-order valence-electron chi connectivity index (χ3n) is 3.18. The van der Waals surface area contributed by atoms with Gasteiger partial charge in [0.15, 0.2) is 15.6 Å². The minimum atomic E-state index is -3.64. The molecule has 0 N–H and O–H groups in total. The van der Waals surface area contributed by atoms with E-state index in [1.54, 1.807) is 18.2 Å². The van der Waals surface area contributed by atoms with E-state index in [1.807, 2.05) is 26.8 Å². The molecule has 126 valence electrons. The lowest BCUT2D eigenvalue weighted by Gasteiger charge is -2.05. The second kappa shape index (κ2) is 9.30. The summed E-state index contributed by atoms with van der Waals surface area (Å²) >= 11 is 0. The molecule has 23 heavy (non-hydrogen) atoms. The average Bonchev–Trinajstić information content (AvgIpc) is 2.47. The second-order valence-electron chi connectivity index (χ2n) is 5.63. The zero-order chi connectivity index (χ0) is 17.3. The minimum absolute atomic E-state index is 0.101. The molecular formula is C18H24O4S. The summed E-state index contributed by atoms with van der Waals surface area (Å²) in [7, 11) is -3.64. The number of ether oxygens (including phenoxy) is 1. The van der Waals surface area contributed by atoms with E-state index in [-0.39, 0.29) is 11.5 Å². The van der Waals surface area contributed by atoms with Crippen LogP contribution in [0.3, 0.4) is 0 Å². The predicted molar refractivity (Wildman–Crippen MR) is 91.9 cm³/mol. The Morgan fingerprint density at radius 1 is 1.09 bits per heavy atom. The van der Waals surface area contributed by atoms with Crippen LogP contribution < -0.4 is 0 Å². The standard InChI is InChI=1S/C18H24O4S/c1-15(2)8-7-9-16(3)12-13-22-18(19)14-23(20,21)17-10-5-4-6-11-17/h4-6,8,10-12H,7,9,13-14H2,1-3H3/b16-12+. The fourth-order valence-electron chi connectivity index (χ4n) is 1.88. The molecule has 0 fully saturated rings. The molecule has 0 radical (unpaired) electrons. The number of hydrogen-bond acceptors (Lipinski definition) is 4. The van der Waals surface area contributed by atoms with Gasteiger partial charge in [0.05, 0.1) is 4.90 Å². The first kappa shape index (κ1) is 19.2. The number of benzene rings is 1. The molecule has 4 nitrogen and oxygen atoms in total. The lowest BCUT2D eigenvalue weighted by atomic mass is 10.1. The van der Waals surface area contributed by atoms with Crippen LogP contribution in [0.2, 0.25) is 0 Å². The van der Waals surface area contributed by atoms with Crippen molar-refractivity contribution in [3.8, 4) is 0 Å². The van der Waals surface area contributed by atoms with Gasteiger partial charge in [-0.1, -0.05) is 35.4 Å². The quantitative estimate of drug-likeness (QED) is 0.536. The first-order valence-corrected chi connectivity index (χ1v) is 9.19. The number of esters is 1. The van der Waals surface area contributed by atoms with Crippen molar-refractivity contribution in [2.24, 2.45) is 0 Å². The van der Waals surface area contributed by atoms with Gasteiger partial charge in [0.25, 0.3) is 0 Å². The molecule has 1 aromatic carbocycles. The average molecular weight is 336 g/mol. The molecule has 5 heteroatoms. The summed E-state index contributed by atoms with van der Waals surface area (Å²) in [5, 5.41) is 0. The van der Waals surface area contributed by atoms with Crippen LogP contribution in [0.15, 0.2) is 58.5 Å². The Morgan fingerprint density at radius 2 is 1.74 bits per heavy atom. The second-order valence-corrected chi connectivity index (χ2v) is 7.62. The van der Waals surface area contributed by atoms with Gasteiger partial charge in [0.2, 0.25) is 0 Å². The lowest BCUT2D eigenvalue weighted by molar-refractivity contribution is -0.139. The van der Waals surface area contributed by atoms with E-state index in [1.165, 1.54) is 17.7 Å². The van der Waals surface area contributed by atoms with Crippen LogP contribution >= 0.6 is 0 Å². The highest BCUT2D eigenvalue weighted by molar-refractivity contribution is 7.92. The van der Waals surface area contributed by atoms with Crippen molar-refractivity contribution in [2.45, 2.75) is 38.5 Å². The van der Waals surface area contributed by atoms with Gasteiger partial charge in [0.1, 0.15) is 6.61 Å². The molecule has 0 heterocycles. The van der Waals surface area contributed by atoms with Crippen molar-refractivity contribution in [3.63, 3.8) is 0 Å². The van der Waals surface area contributed by atoms with Crippen LogP contribution in [-0.2, 0) is 19.4 Å². The van der Waals surface area contributed by atoms with Gasteiger partial charge in [-0.05, 0) is 51.8 Å². The van der Waals surface area contributed by atoms with Crippen LogP contribution in [0.5, 0.6) is 0 Å². The van der Waals surface area contributed by atoms with Crippen molar-refractivity contribution in [2.75, 3.05) is 12.4 Å². The van der Waals surface area contributed by atoms with E-state index in [9.17, 15) is 13.2 Å². The van der Waals surface area contributed by atoms with Crippen molar-refractivity contribution in [3.05, 3.63) is 53.6 Å². The predicted octanol–water partition coefficient (Wildman–Crippen LogP) is 3.70. The molecule has 0 aromatic heterocycles. The van der Waals surface area contributed by atoms with Gasteiger partial charge < -0.3 is 4.74 Å². The van der Waals surface area contributed by atoms with Gasteiger partial charge in [-0.25, -0.2) is 8.42 Å². The van der Waals surface area contributed by atoms with Crippen LogP contribution in [0, 0.1) is 0 Å². The Labute approximate surface area is 138 Å². The zero-order valence-corrected chi connectivity index (χ0v) is 14.7. The number of carbonyl (C=O) groups is 1. The maximum Gasteiger partial charge on any atom is 0.321 e. The Morgan fingerprint density at radius 3 is 2.35 bits per heavy atom. The van der Waals surface area contributed by atoms with Gasteiger partial charge in [-0.15, -0.1) is 0 Å². The number of hydrogen-bond donors (Lipinski definition) is 0. The van der Waals surface area contributed by atoms with E-state index in [2.05, 4.69) is 6.08 Å². The Balaban J connectivity index is 2.44. The largest absolute Gasteiger partial charge is 0.461 e. The van der Waals surface area contributed by atoms with Crippen LogP contribution in [0.1, 0.15) is 33.6 Å². The zero-order valence-electron chi connectivity index (χ0n) is 13.9. The molecule has 0 aliphatic carbocycles. The normalized spacial score (nSPS) is 11.9. The SMILES string of the molecule is CC(C)=CCC/C(C)=C/COC(=O)CS(=O)(=O)c1ccccc1. The maximum atomic E-state index is 12.0. The third kappa shape index (κ3) is 7.79. The summed E-state index contributed by atoms with van der Waals surface area (Å²) in [6.45, 7) is 6.17. The molecule has 0 spiro atoms. The minimum Gasteiger partial charge on any atom is -0.461 e. The molecule has 1 rings (SSSR count). The molecule has 0 saturated carbocycles. The fourth-order valence-corrected chi connectivity index (χ4v) is 3.01. The highest BCUT2D eigenvalue weighted by atomic mass is 32.2. The molecule has 0 amide bonds. The summed E-state index contributed by atoms with van der Waals surface area (Å²) in [6.07, 6.45) is 5.80. The molecular weight excluding hydrogens is 312 g/mol. The fraction of sp³-hybridized carbons (Fsp3) is 0.389. The van der Waals surface area contributed by atoms with Crippen molar-refractivity contribution in [1.29, 1.82) is 0 Å². The van der Waals surface area contributed by atoms with Crippen LogP contribution in [-0.4, -0.2) is 26.7 Å². The van der Waals surface area contributed by atoms with Gasteiger partial charge in [-0.3, -0.25) is 4.79 Å². The molecule has 1 aromatic rings. The van der Waals surface area contributed by atoms with E-state index in [0.29, 0.717) is 0 Å². The highest BCUT2D eigenvalue weighted by Gasteiger charge is 2.19. The van der Waals surface area contributed by atoms with Gasteiger partial charge in [-0.2, -0.15) is 0 Å². The summed E-state index contributed by atoms with van der Waals surface area (Å²) in [4.78, 5) is 11.8. The maximum absolute atomic E-state index is 12.0. The first-order valence-electron chi connectivity index (χ1n) is 7.53. The van der Waals surface area contributed by atoms with E-state index >= 15 is 0 Å². The highest BCUT2D eigenvalue weighted by Crippen LogP contribution is 2.10. The van der Waals surface area contributed by atoms with Crippen LogP contribution in [0.25, 0.3) is 0 Å². The first-order chi connectivity index (χ1) is 10.8. The van der Waals surface area contributed by atoms with Crippen molar-refractivity contribution < 1.29 is 17.9 Å². The van der Waals surface area contributed by atoms with Crippen LogP contribution in [0.4, 0.5) is 0 Å². The van der Waals surface area contributed by atoms with Crippen molar-refractivity contribution >= 4 is 15.8 Å². The number of carbonyl (C=O) groups excluding carboxylic acids is 1. The summed E-state index contributed by atoms with van der Waals surface area (Å²) < 4.78 is 29.0. The lowest BCUT2D eigenvalue weighted by Crippen LogP contribution is -2.18. The van der Waals surface area contributed by atoms with E-state index in [4.69, 9.17) is 4.74 Å². The van der Waals surface area contributed by atoms with E-state index < -0.39 is 21.6 Å². The molecule has 0 aliphatic rings. The van der Waals surface area contributed by atoms with E-state index in [0.717, 1.165) is 18.4 Å². The number of allylic oxidation sites excluding steroid dienone is 3. The van der Waals surface area contributed by atoms with Gasteiger partial charge in [0, 0.05) is 0 Å². The third-order valence-corrected chi connectivity index (χ3v) is 4.78. The molecule has 0 saturated heterocycles. The Hall–Kier alpha value is -1.88. The number of sulfone groups is 1.